The zero-order valence-electron chi connectivity index (χ0n) is 5.37. The first-order valence-electron chi connectivity index (χ1n) is 3.07. The Kier molecular flexibility index (Phi) is 2.42. The van der Waals surface area contributed by atoms with E-state index in [1.54, 1.807) is 0 Å². The van der Waals surface area contributed by atoms with Crippen molar-refractivity contribution < 1.29 is 10.2 Å². The average Bonchev–Trinajstić information content (AvgIpc) is 1.94. The number of thiocarbonyl (C=S) groups is 1. The van der Waals surface area contributed by atoms with Gasteiger partial charge in [-0.1, -0.05) is 0 Å². The van der Waals surface area contributed by atoms with Crippen LogP contribution >= 0.6 is 12.2 Å². The van der Waals surface area contributed by atoms with Crippen molar-refractivity contribution >= 4 is 17.3 Å². The highest BCUT2D eigenvalue weighted by atomic mass is 32.1. The molecule has 1 aliphatic rings. The summed E-state index contributed by atoms with van der Waals surface area (Å²) < 4.78 is 0. The minimum absolute atomic E-state index is 0.0943. The van der Waals surface area contributed by atoms with Gasteiger partial charge in [0.15, 0.2) is 5.11 Å². The highest BCUT2D eigenvalue weighted by Gasteiger charge is 2.23. The van der Waals surface area contributed by atoms with Gasteiger partial charge in [-0.2, -0.15) is 0 Å². The van der Waals surface area contributed by atoms with E-state index < -0.39 is 6.10 Å². The summed E-state index contributed by atoms with van der Waals surface area (Å²) in [6.45, 7) is 0.319. The molecule has 0 saturated carbocycles. The normalized spacial score (nSPS) is 32.8. The van der Waals surface area contributed by atoms with Gasteiger partial charge in [0.2, 0.25) is 0 Å². The van der Waals surface area contributed by atoms with Crippen LogP contribution in [0.25, 0.3) is 0 Å². The van der Waals surface area contributed by atoms with Crippen LogP contribution in [0.5, 0.6) is 0 Å². The van der Waals surface area contributed by atoms with E-state index in [1.165, 1.54) is 0 Å². The number of aliphatic hydroxyl groups is 2. The number of hydrogen-bond acceptors (Lipinski definition) is 3. The molecule has 4 N–H and O–H groups in total. The molecule has 4 nitrogen and oxygen atoms in total. The molecular weight excluding hydrogens is 152 g/mol. The van der Waals surface area contributed by atoms with Gasteiger partial charge in [-0.05, 0) is 12.2 Å². The summed E-state index contributed by atoms with van der Waals surface area (Å²) in [6, 6.07) is -0.311. The van der Waals surface area contributed by atoms with E-state index in [2.05, 4.69) is 10.6 Å². The molecule has 0 aliphatic carbocycles. The summed E-state index contributed by atoms with van der Waals surface area (Å²) in [4.78, 5) is 0. The van der Waals surface area contributed by atoms with Crippen molar-refractivity contribution in [2.24, 2.45) is 0 Å². The van der Waals surface area contributed by atoms with Gasteiger partial charge < -0.3 is 20.8 Å². The molecule has 0 radical (unpaired) electrons. The minimum Gasteiger partial charge on any atom is -0.394 e. The zero-order chi connectivity index (χ0) is 7.56. The van der Waals surface area contributed by atoms with E-state index in [-0.39, 0.29) is 12.6 Å². The maximum Gasteiger partial charge on any atom is 0.166 e. The van der Waals surface area contributed by atoms with Crippen LogP contribution in [0.4, 0.5) is 0 Å². The summed E-state index contributed by atoms with van der Waals surface area (Å²) >= 11 is 4.76. The number of hydrogen-bond donors (Lipinski definition) is 4. The van der Waals surface area contributed by atoms with Crippen LogP contribution in [0.15, 0.2) is 0 Å². The first-order valence-corrected chi connectivity index (χ1v) is 3.48. The van der Waals surface area contributed by atoms with Gasteiger partial charge in [0.1, 0.15) is 0 Å². The Labute approximate surface area is 64.2 Å². The Bertz CT molecular complexity index is 142. The molecule has 0 spiro atoms. The number of nitrogens with one attached hydrogen (secondary N) is 2. The van der Waals surface area contributed by atoms with Crippen molar-refractivity contribution in [2.45, 2.75) is 12.1 Å². The highest BCUT2D eigenvalue weighted by Crippen LogP contribution is 1.96. The Morgan fingerprint density at radius 1 is 1.70 bits per heavy atom. The summed E-state index contributed by atoms with van der Waals surface area (Å²) in [6.07, 6.45) is -0.559. The molecule has 10 heavy (non-hydrogen) atoms. The molecule has 0 aromatic heterocycles. The Balaban J connectivity index is 2.45. The lowest BCUT2D eigenvalue weighted by atomic mass is 10.1. The minimum atomic E-state index is -0.559. The second-order valence-electron chi connectivity index (χ2n) is 2.21. The van der Waals surface area contributed by atoms with Crippen LogP contribution < -0.4 is 10.6 Å². The SMILES string of the molecule is OC[C@H]1NC(=S)NC[C@@H]1O. The predicted molar refractivity (Wildman–Crippen MR) is 40.6 cm³/mol. The fraction of sp³-hybridized carbons (Fsp3) is 0.800. The number of rotatable bonds is 1. The maximum absolute atomic E-state index is 9.14. The summed E-state index contributed by atoms with van der Waals surface area (Å²) in [5.74, 6) is 0. The van der Waals surface area contributed by atoms with Crippen LogP contribution in [0.2, 0.25) is 0 Å². The quantitative estimate of drug-likeness (QED) is 0.342. The van der Waals surface area contributed by atoms with Crippen LogP contribution in [0.3, 0.4) is 0 Å². The molecule has 1 aliphatic heterocycles. The predicted octanol–water partition coefficient (Wildman–Crippen LogP) is -1.81. The van der Waals surface area contributed by atoms with Crippen molar-refractivity contribution in [3.63, 3.8) is 0 Å². The van der Waals surface area contributed by atoms with Crippen LogP contribution in [-0.4, -0.2) is 40.6 Å². The molecule has 0 amide bonds. The fourth-order valence-electron chi connectivity index (χ4n) is 0.822. The monoisotopic (exact) mass is 162 g/mol. The van der Waals surface area contributed by atoms with Crippen molar-refractivity contribution in [3.05, 3.63) is 0 Å². The van der Waals surface area contributed by atoms with E-state index in [9.17, 15) is 0 Å². The van der Waals surface area contributed by atoms with Crippen molar-refractivity contribution in [1.29, 1.82) is 0 Å². The third-order valence-corrected chi connectivity index (χ3v) is 1.71. The van der Waals surface area contributed by atoms with Crippen molar-refractivity contribution in [2.75, 3.05) is 13.2 Å². The molecule has 1 rings (SSSR count). The molecule has 0 bridgehead atoms. The smallest absolute Gasteiger partial charge is 0.166 e. The van der Waals surface area contributed by atoms with E-state index in [0.717, 1.165) is 0 Å². The molecule has 0 aromatic rings. The second kappa shape index (κ2) is 3.14. The molecule has 0 unspecified atom stereocenters. The Hall–Kier alpha value is -0.390. The molecule has 5 heteroatoms. The largest absolute Gasteiger partial charge is 0.394 e. The lowest BCUT2D eigenvalue weighted by molar-refractivity contribution is 0.0936. The van der Waals surface area contributed by atoms with Gasteiger partial charge in [-0.25, -0.2) is 0 Å². The van der Waals surface area contributed by atoms with Gasteiger partial charge in [0.05, 0.1) is 18.8 Å². The number of β-amino-alcohol motifs (C(OH)–C–C–N with tert-alkyl or cyclic N) is 1. The summed E-state index contributed by atoms with van der Waals surface area (Å²) in [5, 5.41) is 23.8. The van der Waals surface area contributed by atoms with E-state index in [0.29, 0.717) is 11.7 Å². The van der Waals surface area contributed by atoms with Gasteiger partial charge in [-0.3, -0.25) is 0 Å². The number of aliphatic hydroxyl groups excluding tert-OH is 2. The van der Waals surface area contributed by atoms with Crippen LogP contribution in [0.1, 0.15) is 0 Å². The van der Waals surface area contributed by atoms with Gasteiger partial charge in [0, 0.05) is 6.54 Å². The average molecular weight is 162 g/mol. The van der Waals surface area contributed by atoms with Crippen molar-refractivity contribution in [1.82, 2.24) is 10.6 Å². The van der Waals surface area contributed by atoms with Gasteiger partial charge in [-0.15, -0.1) is 0 Å². The van der Waals surface area contributed by atoms with Crippen LogP contribution in [-0.2, 0) is 0 Å². The summed E-state index contributed by atoms with van der Waals surface area (Å²) in [7, 11) is 0. The molecule has 0 aromatic carbocycles. The Morgan fingerprint density at radius 3 is 2.90 bits per heavy atom. The molecule has 2 atom stereocenters. The lowest BCUT2D eigenvalue weighted by Gasteiger charge is -2.29. The first kappa shape index (κ1) is 7.71. The van der Waals surface area contributed by atoms with Gasteiger partial charge >= 0.3 is 0 Å². The van der Waals surface area contributed by atoms with Crippen molar-refractivity contribution in [3.8, 4) is 0 Å². The zero-order valence-corrected chi connectivity index (χ0v) is 6.19. The Morgan fingerprint density at radius 2 is 2.40 bits per heavy atom. The second-order valence-corrected chi connectivity index (χ2v) is 2.62. The van der Waals surface area contributed by atoms with E-state index in [4.69, 9.17) is 22.4 Å². The topological polar surface area (TPSA) is 64.5 Å². The standard InChI is InChI=1S/C5H10N2O2S/c8-2-3-4(9)1-6-5(10)7-3/h3-4,8-9H,1-2H2,(H2,6,7,10)/t3-,4+/m1/s1. The fourth-order valence-corrected chi connectivity index (χ4v) is 1.06. The van der Waals surface area contributed by atoms with Gasteiger partial charge in [0.25, 0.3) is 0 Å². The first-order chi connectivity index (χ1) is 4.74. The molecular formula is C5H10N2O2S. The molecule has 58 valence electrons. The maximum atomic E-state index is 9.14. The molecule has 1 fully saturated rings. The van der Waals surface area contributed by atoms with E-state index >= 15 is 0 Å². The third kappa shape index (κ3) is 1.56. The molecule has 1 heterocycles. The lowest BCUT2D eigenvalue weighted by Crippen LogP contribution is -2.58. The third-order valence-electron chi connectivity index (χ3n) is 1.45. The summed E-state index contributed by atoms with van der Waals surface area (Å²) in [5.41, 5.74) is 0. The highest BCUT2D eigenvalue weighted by molar-refractivity contribution is 7.80. The van der Waals surface area contributed by atoms with E-state index in [1.807, 2.05) is 0 Å². The van der Waals surface area contributed by atoms with Crippen LogP contribution in [0, 0.1) is 0 Å². The molecule has 1 saturated heterocycles.